The number of nitrogens with zero attached hydrogens (tertiary/aromatic N) is 3. The molecule has 0 saturated heterocycles. The van der Waals surface area contributed by atoms with Gasteiger partial charge in [0.15, 0.2) is 0 Å². The van der Waals surface area contributed by atoms with Crippen LogP contribution in [0.3, 0.4) is 0 Å². The monoisotopic (exact) mass is 251 g/mol. The van der Waals surface area contributed by atoms with E-state index in [9.17, 15) is 0 Å². The fourth-order valence-electron chi connectivity index (χ4n) is 1.78. The van der Waals surface area contributed by atoms with Gasteiger partial charge < -0.3 is 16.0 Å². The van der Waals surface area contributed by atoms with Gasteiger partial charge in [0.05, 0.1) is 0 Å². The number of rotatable bonds is 5. The van der Waals surface area contributed by atoms with Gasteiger partial charge >= 0.3 is 0 Å². The van der Waals surface area contributed by atoms with E-state index >= 15 is 0 Å². The number of hydrogen-bond acceptors (Lipinski definition) is 5. The van der Waals surface area contributed by atoms with Crippen LogP contribution in [0.25, 0.3) is 0 Å². The molecule has 18 heavy (non-hydrogen) atoms. The van der Waals surface area contributed by atoms with E-state index in [2.05, 4.69) is 55.1 Å². The number of nitrogens with one attached hydrogen (secondary N) is 1. The third-order valence-electron chi connectivity index (χ3n) is 2.74. The minimum atomic E-state index is 0.276. The van der Waals surface area contributed by atoms with Gasteiger partial charge in [0.2, 0.25) is 0 Å². The van der Waals surface area contributed by atoms with Gasteiger partial charge in [0.1, 0.15) is 17.5 Å². The summed E-state index contributed by atoms with van der Waals surface area (Å²) in [7, 11) is 4.11. The highest BCUT2D eigenvalue weighted by atomic mass is 15.1. The molecule has 0 radical (unpaired) electrons. The molecule has 0 saturated carbocycles. The number of nitrogen functional groups attached to an aromatic ring is 1. The topological polar surface area (TPSA) is 67.1 Å². The molecule has 3 N–H and O–H groups in total. The van der Waals surface area contributed by atoms with Gasteiger partial charge in [-0.05, 0) is 27.9 Å². The van der Waals surface area contributed by atoms with Crippen molar-refractivity contribution >= 4 is 11.6 Å². The highest BCUT2D eigenvalue weighted by Crippen LogP contribution is 2.21. The second-order valence-corrected chi connectivity index (χ2v) is 5.40. The van der Waals surface area contributed by atoms with Crippen molar-refractivity contribution < 1.29 is 0 Å². The maximum atomic E-state index is 5.93. The lowest BCUT2D eigenvalue weighted by molar-refractivity contribution is 0.391. The molecule has 5 heteroatoms. The molecular formula is C13H25N5. The Kier molecular flexibility index (Phi) is 4.90. The molecule has 1 rings (SSSR count). The summed E-state index contributed by atoms with van der Waals surface area (Å²) in [6, 6.07) is 0.313. The van der Waals surface area contributed by atoms with Crippen molar-refractivity contribution in [3.63, 3.8) is 0 Å². The van der Waals surface area contributed by atoms with E-state index in [1.54, 1.807) is 0 Å². The van der Waals surface area contributed by atoms with Crippen LogP contribution in [0.15, 0.2) is 0 Å². The minimum Gasteiger partial charge on any atom is -0.383 e. The molecular weight excluding hydrogens is 226 g/mol. The molecule has 1 unspecified atom stereocenters. The van der Waals surface area contributed by atoms with Gasteiger partial charge in [-0.2, -0.15) is 0 Å². The van der Waals surface area contributed by atoms with Crippen molar-refractivity contribution in [3.05, 3.63) is 11.4 Å². The van der Waals surface area contributed by atoms with Crippen molar-refractivity contribution in [2.24, 2.45) is 0 Å². The molecule has 0 aliphatic carbocycles. The van der Waals surface area contributed by atoms with Crippen LogP contribution < -0.4 is 11.1 Å². The van der Waals surface area contributed by atoms with Crippen LogP contribution in [0.2, 0.25) is 0 Å². The largest absolute Gasteiger partial charge is 0.383 e. The Bertz CT molecular complexity index is 401. The van der Waals surface area contributed by atoms with Gasteiger partial charge in [-0.25, -0.2) is 9.97 Å². The van der Waals surface area contributed by atoms with Crippen LogP contribution in [0.1, 0.15) is 38.1 Å². The zero-order valence-electron chi connectivity index (χ0n) is 12.3. The molecule has 1 aromatic rings. The maximum absolute atomic E-state index is 5.93. The van der Waals surface area contributed by atoms with Gasteiger partial charge in [-0.1, -0.05) is 13.8 Å². The standard InChI is InChI=1S/C13H25N5/c1-8(2)12-16-11(14)10(4)13(17-12)15-9(3)7-18(5)6/h8-9H,7H2,1-6H3,(H3,14,15,16,17). The molecule has 0 spiro atoms. The summed E-state index contributed by atoms with van der Waals surface area (Å²) >= 11 is 0. The highest BCUT2D eigenvalue weighted by Gasteiger charge is 2.13. The van der Waals surface area contributed by atoms with E-state index in [1.165, 1.54) is 0 Å². The molecule has 0 aromatic carbocycles. The van der Waals surface area contributed by atoms with Crippen LogP contribution in [0.5, 0.6) is 0 Å². The number of aromatic nitrogens is 2. The van der Waals surface area contributed by atoms with Gasteiger partial charge in [-0.15, -0.1) is 0 Å². The van der Waals surface area contributed by atoms with E-state index in [0.29, 0.717) is 11.9 Å². The SMILES string of the molecule is Cc1c(N)nc(C(C)C)nc1NC(C)CN(C)C. The lowest BCUT2D eigenvalue weighted by Gasteiger charge is -2.21. The third kappa shape index (κ3) is 3.84. The Labute approximate surface area is 110 Å². The Morgan fingerprint density at radius 3 is 2.33 bits per heavy atom. The highest BCUT2D eigenvalue weighted by molar-refractivity contribution is 5.55. The lowest BCUT2D eigenvalue weighted by Crippen LogP contribution is -2.30. The van der Waals surface area contributed by atoms with Crippen LogP contribution in [-0.2, 0) is 0 Å². The van der Waals surface area contributed by atoms with Gasteiger partial charge in [0, 0.05) is 24.1 Å². The first kappa shape index (κ1) is 14.7. The van der Waals surface area contributed by atoms with E-state index in [-0.39, 0.29) is 5.92 Å². The molecule has 5 nitrogen and oxygen atoms in total. The first-order valence-electron chi connectivity index (χ1n) is 6.36. The van der Waals surface area contributed by atoms with Crippen molar-refractivity contribution in [1.82, 2.24) is 14.9 Å². The van der Waals surface area contributed by atoms with Crippen LogP contribution in [0, 0.1) is 6.92 Å². The molecule has 1 atom stereocenters. The second kappa shape index (κ2) is 6.00. The van der Waals surface area contributed by atoms with Crippen molar-refractivity contribution in [1.29, 1.82) is 0 Å². The average molecular weight is 251 g/mol. The van der Waals surface area contributed by atoms with Crippen LogP contribution in [0.4, 0.5) is 11.6 Å². The minimum absolute atomic E-state index is 0.276. The molecule has 1 heterocycles. The number of likely N-dealkylation sites (N-methyl/N-ethyl adjacent to an activating group) is 1. The van der Waals surface area contributed by atoms with Crippen molar-refractivity contribution in [2.45, 2.75) is 39.7 Å². The quantitative estimate of drug-likeness (QED) is 0.836. The Morgan fingerprint density at radius 1 is 1.22 bits per heavy atom. The molecule has 0 amide bonds. The smallest absolute Gasteiger partial charge is 0.135 e. The van der Waals surface area contributed by atoms with Crippen molar-refractivity contribution in [2.75, 3.05) is 31.7 Å². The Morgan fingerprint density at radius 2 is 1.83 bits per heavy atom. The van der Waals surface area contributed by atoms with E-state index in [0.717, 1.165) is 23.8 Å². The Balaban J connectivity index is 2.93. The molecule has 1 aromatic heterocycles. The summed E-state index contributed by atoms with van der Waals surface area (Å²) in [6.07, 6.45) is 0. The summed E-state index contributed by atoms with van der Waals surface area (Å²) in [6.45, 7) is 9.16. The summed E-state index contributed by atoms with van der Waals surface area (Å²) in [5.41, 5.74) is 6.86. The normalized spacial score (nSPS) is 13.1. The Hall–Kier alpha value is -1.36. The second-order valence-electron chi connectivity index (χ2n) is 5.40. The van der Waals surface area contributed by atoms with Crippen molar-refractivity contribution in [3.8, 4) is 0 Å². The summed E-state index contributed by atoms with van der Waals surface area (Å²) in [5.74, 6) is 2.48. The summed E-state index contributed by atoms with van der Waals surface area (Å²) < 4.78 is 0. The molecule has 102 valence electrons. The zero-order chi connectivity index (χ0) is 13.9. The number of anilines is 2. The van der Waals surface area contributed by atoms with E-state index in [1.807, 2.05) is 6.92 Å². The number of hydrogen-bond donors (Lipinski definition) is 2. The van der Waals surface area contributed by atoms with E-state index in [4.69, 9.17) is 5.73 Å². The molecule has 0 aliphatic heterocycles. The molecule has 0 aliphatic rings. The number of nitrogens with two attached hydrogens (primary N) is 1. The fourth-order valence-corrected chi connectivity index (χ4v) is 1.78. The molecule has 0 bridgehead atoms. The lowest BCUT2D eigenvalue weighted by atomic mass is 10.2. The fraction of sp³-hybridized carbons (Fsp3) is 0.692. The third-order valence-corrected chi connectivity index (χ3v) is 2.74. The van der Waals surface area contributed by atoms with Crippen LogP contribution >= 0.6 is 0 Å². The average Bonchev–Trinajstić information content (AvgIpc) is 2.22. The first-order chi connectivity index (χ1) is 8.31. The summed E-state index contributed by atoms with van der Waals surface area (Å²) in [4.78, 5) is 11.0. The summed E-state index contributed by atoms with van der Waals surface area (Å²) in [5, 5.41) is 3.40. The molecule has 0 fully saturated rings. The van der Waals surface area contributed by atoms with Crippen LogP contribution in [-0.4, -0.2) is 41.5 Å². The predicted octanol–water partition coefficient (Wildman–Crippen LogP) is 1.85. The first-order valence-corrected chi connectivity index (χ1v) is 6.36. The van der Waals surface area contributed by atoms with Gasteiger partial charge in [-0.3, -0.25) is 0 Å². The predicted molar refractivity (Wildman–Crippen MR) is 76.9 cm³/mol. The van der Waals surface area contributed by atoms with Gasteiger partial charge in [0.25, 0.3) is 0 Å². The maximum Gasteiger partial charge on any atom is 0.135 e. The van der Waals surface area contributed by atoms with E-state index < -0.39 is 0 Å². The zero-order valence-corrected chi connectivity index (χ0v) is 12.3.